The van der Waals surface area contributed by atoms with E-state index in [1.807, 2.05) is 12.1 Å². The summed E-state index contributed by atoms with van der Waals surface area (Å²) in [5.74, 6) is 0.140. The van der Waals surface area contributed by atoms with E-state index in [0.717, 1.165) is 51.1 Å². The van der Waals surface area contributed by atoms with Crippen molar-refractivity contribution in [3.63, 3.8) is 0 Å². The van der Waals surface area contributed by atoms with Gasteiger partial charge in [0.2, 0.25) is 5.91 Å². The van der Waals surface area contributed by atoms with E-state index < -0.39 is 0 Å². The number of nitrogens with one attached hydrogen (secondary N) is 2. The van der Waals surface area contributed by atoms with Crippen molar-refractivity contribution >= 4 is 36.4 Å². The van der Waals surface area contributed by atoms with E-state index in [-0.39, 0.29) is 36.8 Å². The van der Waals surface area contributed by atoms with Gasteiger partial charge in [0.25, 0.3) is 0 Å². The predicted molar refractivity (Wildman–Crippen MR) is 102 cm³/mol. The third-order valence-electron chi connectivity index (χ3n) is 3.95. The molecule has 0 aromatic heterocycles. The van der Waals surface area contributed by atoms with Crippen molar-refractivity contribution in [3.8, 4) is 0 Å². The predicted octanol–water partition coefficient (Wildman–Crippen LogP) is 3.45. The quantitative estimate of drug-likeness (QED) is 0.781. The van der Waals surface area contributed by atoms with Crippen molar-refractivity contribution in [1.82, 2.24) is 10.2 Å². The molecule has 1 unspecified atom stereocenters. The molecule has 1 saturated heterocycles. The molecule has 0 aliphatic carbocycles. The molecule has 2 N–H and O–H groups in total. The lowest BCUT2D eigenvalue weighted by Gasteiger charge is -2.23. The van der Waals surface area contributed by atoms with Crippen LogP contribution in [0.25, 0.3) is 0 Å². The standard InChI is InChI=1S/C17H27N3O.2ClH/c1-3-10-20-11-6-9-16(20)17(21)19-15-8-5-7-14(12-15)13-18-4-2;;/h5,7-8,12,16,18H,3-4,6,9-11,13H2,1-2H3,(H,19,21);2*1H. The van der Waals surface area contributed by atoms with Gasteiger partial charge in [0.15, 0.2) is 0 Å². The van der Waals surface area contributed by atoms with Crippen molar-refractivity contribution in [2.24, 2.45) is 0 Å². The smallest absolute Gasteiger partial charge is 0.241 e. The maximum atomic E-state index is 12.5. The summed E-state index contributed by atoms with van der Waals surface area (Å²) in [5.41, 5.74) is 2.10. The first-order chi connectivity index (χ1) is 10.2. The van der Waals surface area contributed by atoms with Gasteiger partial charge in [-0.25, -0.2) is 0 Å². The summed E-state index contributed by atoms with van der Waals surface area (Å²) in [6, 6.07) is 8.15. The molecule has 0 saturated carbocycles. The SMILES string of the molecule is CCCN1CCCC1C(=O)Nc1cccc(CNCC)c1.Cl.Cl. The molecule has 1 aliphatic rings. The Bertz CT molecular complexity index is 471. The minimum Gasteiger partial charge on any atom is -0.325 e. The van der Waals surface area contributed by atoms with E-state index in [1.165, 1.54) is 5.56 Å². The first-order valence-electron chi connectivity index (χ1n) is 8.09. The van der Waals surface area contributed by atoms with Crippen molar-refractivity contribution in [1.29, 1.82) is 0 Å². The van der Waals surface area contributed by atoms with Gasteiger partial charge in [0.05, 0.1) is 6.04 Å². The Morgan fingerprint density at radius 3 is 2.78 bits per heavy atom. The summed E-state index contributed by atoms with van der Waals surface area (Å²) in [6.45, 7) is 8.10. The fourth-order valence-corrected chi connectivity index (χ4v) is 2.93. The molecule has 1 amide bonds. The van der Waals surface area contributed by atoms with Gasteiger partial charge >= 0.3 is 0 Å². The largest absolute Gasteiger partial charge is 0.325 e. The average molecular weight is 362 g/mol. The van der Waals surface area contributed by atoms with Crippen molar-refractivity contribution in [2.45, 2.75) is 45.7 Å². The summed E-state index contributed by atoms with van der Waals surface area (Å²) >= 11 is 0. The lowest BCUT2D eigenvalue weighted by Crippen LogP contribution is -2.39. The summed E-state index contributed by atoms with van der Waals surface area (Å²) in [4.78, 5) is 14.8. The Balaban J connectivity index is 0.00000242. The molecule has 1 aliphatic heterocycles. The zero-order valence-corrected chi connectivity index (χ0v) is 15.6. The number of amides is 1. The number of benzene rings is 1. The minimum atomic E-state index is 0. The van der Waals surface area contributed by atoms with Gasteiger partial charge in [-0.3, -0.25) is 9.69 Å². The summed E-state index contributed by atoms with van der Waals surface area (Å²) in [7, 11) is 0. The number of halogens is 2. The number of carbonyl (C=O) groups excluding carboxylic acids is 1. The number of hydrogen-bond donors (Lipinski definition) is 2. The molecular weight excluding hydrogens is 333 g/mol. The molecule has 6 heteroatoms. The van der Waals surface area contributed by atoms with Gasteiger partial charge in [-0.15, -0.1) is 24.8 Å². The monoisotopic (exact) mass is 361 g/mol. The second kappa shape index (κ2) is 11.7. The summed E-state index contributed by atoms with van der Waals surface area (Å²) in [5, 5.41) is 6.38. The third-order valence-corrected chi connectivity index (χ3v) is 3.95. The molecule has 1 aromatic carbocycles. The normalized spacial score (nSPS) is 17.2. The zero-order chi connectivity index (χ0) is 15.1. The van der Waals surface area contributed by atoms with E-state index >= 15 is 0 Å². The maximum Gasteiger partial charge on any atom is 0.241 e. The van der Waals surface area contributed by atoms with Crippen molar-refractivity contribution < 1.29 is 4.79 Å². The van der Waals surface area contributed by atoms with Crippen molar-refractivity contribution in [3.05, 3.63) is 29.8 Å². The van der Waals surface area contributed by atoms with Crippen LogP contribution in [0.5, 0.6) is 0 Å². The van der Waals surface area contributed by atoms with Crippen LogP contribution in [0.2, 0.25) is 0 Å². The van der Waals surface area contributed by atoms with E-state index in [4.69, 9.17) is 0 Å². The highest BCUT2D eigenvalue weighted by Crippen LogP contribution is 2.19. The first kappa shape index (κ1) is 22.2. The maximum absolute atomic E-state index is 12.5. The number of anilines is 1. The fourth-order valence-electron chi connectivity index (χ4n) is 2.93. The van der Waals surface area contributed by atoms with E-state index in [1.54, 1.807) is 0 Å². The number of hydrogen-bond acceptors (Lipinski definition) is 3. The summed E-state index contributed by atoms with van der Waals surface area (Å²) < 4.78 is 0. The molecule has 23 heavy (non-hydrogen) atoms. The number of likely N-dealkylation sites (tertiary alicyclic amines) is 1. The topological polar surface area (TPSA) is 44.4 Å². The van der Waals surface area contributed by atoms with Gasteiger partial charge in [-0.2, -0.15) is 0 Å². The Morgan fingerprint density at radius 1 is 1.30 bits per heavy atom. The average Bonchev–Trinajstić information content (AvgIpc) is 2.94. The molecule has 1 fully saturated rings. The van der Waals surface area contributed by atoms with E-state index in [2.05, 4.69) is 41.5 Å². The van der Waals surface area contributed by atoms with Crippen LogP contribution in [0.4, 0.5) is 5.69 Å². The molecule has 1 heterocycles. The number of nitrogens with zero attached hydrogens (tertiary/aromatic N) is 1. The van der Waals surface area contributed by atoms with Crippen LogP contribution < -0.4 is 10.6 Å². The molecule has 1 aromatic rings. The van der Waals surface area contributed by atoms with Crippen LogP contribution in [0.3, 0.4) is 0 Å². The Morgan fingerprint density at radius 2 is 2.09 bits per heavy atom. The molecule has 2 rings (SSSR count). The van der Waals surface area contributed by atoms with Gasteiger partial charge < -0.3 is 10.6 Å². The zero-order valence-electron chi connectivity index (χ0n) is 14.0. The van der Waals surface area contributed by atoms with Crippen LogP contribution in [0.1, 0.15) is 38.7 Å². The van der Waals surface area contributed by atoms with Crippen LogP contribution >= 0.6 is 24.8 Å². The number of rotatable bonds is 7. The van der Waals surface area contributed by atoms with Gasteiger partial charge in [-0.05, 0) is 56.6 Å². The van der Waals surface area contributed by atoms with E-state index in [0.29, 0.717) is 0 Å². The lowest BCUT2D eigenvalue weighted by molar-refractivity contribution is -0.120. The van der Waals surface area contributed by atoms with Crippen LogP contribution in [0.15, 0.2) is 24.3 Å². The second-order valence-corrected chi connectivity index (χ2v) is 5.66. The molecule has 4 nitrogen and oxygen atoms in total. The van der Waals surface area contributed by atoms with Gasteiger partial charge in [0, 0.05) is 12.2 Å². The molecule has 0 bridgehead atoms. The van der Waals surface area contributed by atoms with Crippen LogP contribution in [-0.4, -0.2) is 36.5 Å². The Labute approximate surface area is 152 Å². The first-order valence-corrected chi connectivity index (χ1v) is 8.09. The summed E-state index contributed by atoms with van der Waals surface area (Å²) in [6.07, 6.45) is 3.20. The highest BCUT2D eigenvalue weighted by molar-refractivity contribution is 5.95. The van der Waals surface area contributed by atoms with E-state index in [9.17, 15) is 4.79 Å². The highest BCUT2D eigenvalue weighted by Gasteiger charge is 2.29. The molecule has 0 radical (unpaired) electrons. The molecule has 132 valence electrons. The second-order valence-electron chi connectivity index (χ2n) is 5.66. The molecule has 0 spiro atoms. The lowest BCUT2D eigenvalue weighted by atomic mass is 10.1. The van der Waals surface area contributed by atoms with Crippen LogP contribution in [-0.2, 0) is 11.3 Å². The highest BCUT2D eigenvalue weighted by atomic mass is 35.5. The van der Waals surface area contributed by atoms with Crippen molar-refractivity contribution in [2.75, 3.05) is 25.0 Å². The molecular formula is C17H29Cl2N3O. The molecule has 1 atom stereocenters. The van der Waals surface area contributed by atoms with Gasteiger partial charge in [0.1, 0.15) is 0 Å². The number of carbonyl (C=O) groups is 1. The third kappa shape index (κ3) is 6.68. The Hall–Kier alpha value is -0.810. The van der Waals surface area contributed by atoms with Gasteiger partial charge in [-0.1, -0.05) is 26.0 Å². The minimum absolute atomic E-state index is 0. The van der Waals surface area contributed by atoms with Crippen LogP contribution in [0, 0.1) is 0 Å². The Kier molecular flexibility index (Phi) is 11.3. The fraction of sp³-hybridized carbons (Fsp3) is 0.588.